The number of carbonyl (C=O) groups excluding carboxylic acids is 1. The second kappa shape index (κ2) is 8.31. The molecule has 0 aliphatic carbocycles. The molecule has 29 heavy (non-hydrogen) atoms. The van der Waals surface area contributed by atoms with Crippen LogP contribution < -0.4 is 15.4 Å². The molecule has 6 nitrogen and oxygen atoms in total. The lowest BCUT2D eigenvalue weighted by atomic mass is 9.86. The number of nitrogens with zero attached hydrogens (tertiary/aromatic N) is 2. The van der Waals surface area contributed by atoms with Crippen LogP contribution in [0.2, 0.25) is 0 Å². The highest BCUT2D eigenvalue weighted by Crippen LogP contribution is 2.29. The molecule has 0 unspecified atom stereocenters. The number of carbonyl (C=O) groups is 1. The zero-order valence-corrected chi connectivity index (χ0v) is 17.4. The topological polar surface area (TPSA) is 76.1 Å². The fourth-order valence-electron chi connectivity index (χ4n) is 3.03. The number of nitrogens with one attached hydrogen (secondary N) is 2. The van der Waals surface area contributed by atoms with Crippen LogP contribution in [-0.2, 0) is 5.41 Å². The Balaban J connectivity index is 1.85. The van der Waals surface area contributed by atoms with Gasteiger partial charge in [0.05, 0.1) is 7.11 Å². The SMILES string of the molecule is COc1cccc(Nc2cc(C(=O)Nc3ccccc3C(C)(C)C)nc(C)n2)c1. The molecule has 0 atom stereocenters. The first kappa shape index (κ1) is 20.3. The molecule has 0 saturated heterocycles. The highest BCUT2D eigenvalue weighted by Gasteiger charge is 2.20. The summed E-state index contributed by atoms with van der Waals surface area (Å²) in [5.74, 6) is 1.51. The fourth-order valence-corrected chi connectivity index (χ4v) is 3.03. The number of benzene rings is 2. The van der Waals surface area contributed by atoms with Crippen LogP contribution in [0.25, 0.3) is 0 Å². The van der Waals surface area contributed by atoms with Crippen LogP contribution in [0.1, 0.15) is 42.6 Å². The lowest BCUT2D eigenvalue weighted by molar-refractivity contribution is 0.102. The molecule has 3 rings (SSSR count). The fraction of sp³-hybridized carbons (Fsp3) is 0.261. The van der Waals surface area contributed by atoms with Crippen molar-refractivity contribution < 1.29 is 9.53 Å². The van der Waals surface area contributed by atoms with Gasteiger partial charge in [-0.3, -0.25) is 4.79 Å². The molecule has 1 aromatic heterocycles. The van der Waals surface area contributed by atoms with Crippen molar-refractivity contribution in [3.63, 3.8) is 0 Å². The van der Waals surface area contributed by atoms with Crippen molar-refractivity contribution in [2.24, 2.45) is 0 Å². The normalized spacial score (nSPS) is 11.1. The summed E-state index contributed by atoms with van der Waals surface area (Å²) in [6.45, 7) is 8.10. The van der Waals surface area contributed by atoms with Gasteiger partial charge in [-0.25, -0.2) is 9.97 Å². The molecule has 0 fully saturated rings. The van der Waals surface area contributed by atoms with Crippen LogP contribution in [0.15, 0.2) is 54.6 Å². The number of ether oxygens (including phenoxy) is 1. The van der Waals surface area contributed by atoms with E-state index in [1.165, 1.54) is 0 Å². The molecule has 150 valence electrons. The average Bonchev–Trinajstić information content (AvgIpc) is 2.67. The van der Waals surface area contributed by atoms with Gasteiger partial charge >= 0.3 is 0 Å². The summed E-state index contributed by atoms with van der Waals surface area (Å²) in [6, 6.07) is 17.0. The van der Waals surface area contributed by atoms with Crippen molar-refractivity contribution in [1.82, 2.24) is 9.97 Å². The summed E-state index contributed by atoms with van der Waals surface area (Å²) < 4.78 is 5.25. The van der Waals surface area contributed by atoms with Crippen LogP contribution in [-0.4, -0.2) is 23.0 Å². The molecule has 0 radical (unpaired) electrons. The minimum atomic E-state index is -0.277. The van der Waals surface area contributed by atoms with E-state index in [9.17, 15) is 4.79 Å². The molecule has 2 aromatic carbocycles. The van der Waals surface area contributed by atoms with Gasteiger partial charge in [-0.15, -0.1) is 0 Å². The Morgan fingerprint density at radius 3 is 2.48 bits per heavy atom. The number of aromatic nitrogens is 2. The monoisotopic (exact) mass is 390 g/mol. The average molecular weight is 390 g/mol. The number of aryl methyl sites for hydroxylation is 1. The highest BCUT2D eigenvalue weighted by molar-refractivity contribution is 6.03. The molecule has 6 heteroatoms. The van der Waals surface area contributed by atoms with Gasteiger partial charge in [0, 0.05) is 23.5 Å². The lowest BCUT2D eigenvalue weighted by Gasteiger charge is -2.23. The molecule has 1 heterocycles. The van der Waals surface area contributed by atoms with Crippen molar-refractivity contribution >= 4 is 23.1 Å². The Kier molecular flexibility index (Phi) is 5.82. The van der Waals surface area contributed by atoms with E-state index in [4.69, 9.17) is 4.74 Å². The van der Waals surface area contributed by atoms with Crippen LogP contribution >= 0.6 is 0 Å². The number of anilines is 3. The number of rotatable bonds is 5. The summed E-state index contributed by atoms with van der Waals surface area (Å²) in [6.07, 6.45) is 0. The zero-order valence-electron chi connectivity index (χ0n) is 17.4. The summed E-state index contributed by atoms with van der Waals surface area (Å²) >= 11 is 0. The Hall–Kier alpha value is -3.41. The van der Waals surface area contributed by atoms with E-state index >= 15 is 0 Å². The largest absolute Gasteiger partial charge is 0.497 e. The first-order valence-electron chi connectivity index (χ1n) is 9.44. The smallest absolute Gasteiger partial charge is 0.274 e. The molecular formula is C23H26N4O2. The van der Waals surface area contributed by atoms with Crippen molar-refractivity contribution in [3.05, 3.63) is 71.7 Å². The molecule has 1 amide bonds. The van der Waals surface area contributed by atoms with Crippen molar-refractivity contribution in [2.45, 2.75) is 33.1 Å². The quantitative estimate of drug-likeness (QED) is 0.635. The van der Waals surface area contributed by atoms with Gasteiger partial charge in [-0.05, 0) is 36.1 Å². The predicted octanol–water partition coefficient (Wildman–Crippen LogP) is 5.09. The number of hydrogen-bond donors (Lipinski definition) is 2. The Morgan fingerprint density at radius 1 is 1.00 bits per heavy atom. The highest BCUT2D eigenvalue weighted by atomic mass is 16.5. The first-order chi connectivity index (χ1) is 13.8. The molecule has 0 bridgehead atoms. The second-order valence-corrected chi connectivity index (χ2v) is 7.79. The first-order valence-corrected chi connectivity index (χ1v) is 9.44. The molecule has 3 aromatic rings. The van der Waals surface area contributed by atoms with Crippen LogP contribution in [0, 0.1) is 6.92 Å². The summed E-state index contributed by atoms with van der Waals surface area (Å²) in [4.78, 5) is 21.6. The molecular weight excluding hydrogens is 364 g/mol. The van der Waals surface area contributed by atoms with Crippen LogP contribution in [0.4, 0.5) is 17.2 Å². The van der Waals surface area contributed by atoms with Crippen LogP contribution in [0.3, 0.4) is 0 Å². The summed E-state index contributed by atoms with van der Waals surface area (Å²) in [7, 11) is 1.62. The minimum absolute atomic E-state index is 0.0927. The minimum Gasteiger partial charge on any atom is -0.497 e. The van der Waals surface area contributed by atoms with E-state index in [-0.39, 0.29) is 11.3 Å². The van der Waals surface area contributed by atoms with Gasteiger partial charge in [0.15, 0.2) is 0 Å². The summed E-state index contributed by atoms with van der Waals surface area (Å²) in [5, 5.41) is 6.20. The Morgan fingerprint density at radius 2 is 1.76 bits per heavy atom. The van der Waals surface area contributed by atoms with Gasteiger partial charge in [-0.1, -0.05) is 45.0 Å². The van der Waals surface area contributed by atoms with Gasteiger partial charge < -0.3 is 15.4 Å². The third-order valence-corrected chi connectivity index (χ3v) is 4.40. The van der Waals surface area contributed by atoms with Gasteiger partial charge in [0.25, 0.3) is 5.91 Å². The van der Waals surface area contributed by atoms with Gasteiger partial charge in [-0.2, -0.15) is 0 Å². The van der Waals surface area contributed by atoms with Crippen molar-refractivity contribution in [3.8, 4) is 5.75 Å². The van der Waals surface area contributed by atoms with E-state index in [1.54, 1.807) is 20.1 Å². The third-order valence-electron chi connectivity index (χ3n) is 4.40. The maximum absolute atomic E-state index is 12.9. The zero-order chi connectivity index (χ0) is 21.0. The Bertz CT molecular complexity index is 1030. The number of amides is 1. The van der Waals surface area contributed by atoms with E-state index in [2.05, 4.69) is 41.4 Å². The molecule has 0 spiro atoms. The lowest BCUT2D eigenvalue weighted by Crippen LogP contribution is -2.20. The number of para-hydroxylation sites is 1. The molecule has 2 N–H and O–H groups in total. The molecule has 0 aliphatic rings. The standard InChI is InChI=1S/C23H26N4O2/c1-15-24-20(14-21(25-15)26-16-9-8-10-17(13-16)29-5)22(28)27-19-12-7-6-11-18(19)23(2,3)4/h6-14H,1-5H3,(H,27,28)(H,24,25,26). The summed E-state index contributed by atoms with van der Waals surface area (Å²) in [5.41, 5.74) is 2.86. The van der Waals surface area contributed by atoms with Gasteiger partial charge in [0.1, 0.15) is 23.1 Å². The van der Waals surface area contributed by atoms with E-state index in [0.717, 1.165) is 22.7 Å². The maximum atomic E-state index is 12.9. The second-order valence-electron chi connectivity index (χ2n) is 7.79. The van der Waals surface area contributed by atoms with Crippen molar-refractivity contribution in [2.75, 3.05) is 17.7 Å². The van der Waals surface area contributed by atoms with E-state index in [1.807, 2.05) is 48.5 Å². The third kappa shape index (κ3) is 5.10. The Labute approximate surface area is 171 Å². The predicted molar refractivity (Wildman–Crippen MR) is 116 cm³/mol. The number of methoxy groups -OCH3 is 1. The van der Waals surface area contributed by atoms with E-state index < -0.39 is 0 Å². The van der Waals surface area contributed by atoms with Crippen LogP contribution in [0.5, 0.6) is 5.75 Å². The molecule has 0 aliphatic heterocycles. The van der Waals surface area contributed by atoms with Crippen molar-refractivity contribution in [1.29, 1.82) is 0 Å². The number of hydrogen-bond acceptors (Lipinski definition) is 5. The molecule has 0 saturated carbocycles. The van der Waals surface area contributed by atoms with E-state index in [0.29, 0.717) is 17.3 Å². The maximum Gasteiger partial charge on any atom is 0.274 e. The van der Waals surface area contributed by atoms with Gasteiger partial charge in [0.2, 0.25) is 0 Å².